The van der Waals surface area contributed by atoms with Gasteiger partial charge in [-0.2, -0.15) is 0 Å². The Morgan fingerprint density at radius 1 is 0.179 bits per heavy atom. The average Bonchev–Trinajstić information content (AvgIpc) is 3.41. The molecule has 67 heavy (non-hydrogen) atoms. The molecule has 0 atom stereocenters. The van der Waals surface area contributed by atoms with Crippen LogP contribution in [0.3, 0.4) is 0 Å². The van der Waals surface area contributed by atoms with Crippen molar-refractivity contribution in [2.24, 2.45) is 0 Å². The summed E-state index contributed by atoms with van der Waals surface area (Å²) in [7, 11) is 0. The van der Waals surface area contributed by atoms with Gasteiger partial charge in [0.05, 0.1) is 5.69 Å². The molecule has 0 aliphatic carbocycles. The fraction of sp³-hybridized carbons (Fsp3) is 0. The predicted octanol–water partition coefficient (Wildman–Crippen LogP) is 18.6. The van der Waals surface area contributed by atoms with Crippen LogP contribution in [0.25, 0.3) is 99.1 Å². The number of rotatable bonds is 9. The maximum atomic E-state index is 2.44. The molecule has 0 radical (unpaired) electrons. The lowest BCUT2D eigenvalue weighted by Crippen LogP contribution is -2.11. The molecule has 314 valence electrons. The van der Waals surface area contributed by atoms with Gasteiger partial charge in [0, 0.05) is 16.9 Å². The van der Waals surface area contributed by atoms with Gasteiger partial charge in [0.2, 0.25) is 0 Å². The van der Waals surface area contributed by atoms with Gasteiger partial charge in [0.25, 0.3) is 0 Å². The largest absolute Gasteiger partial charge is 0.310 e. The minimum atomic E-state index is 1.07. The Morgan fingerprint density at radius 3 is 0.955 bits per heavy atom. The Bertz CT molecular complexity index is 3660. The molecule has 0 aromatic heterocycles. The molecule has 0 fully saturated rings. The zero-order valence-corrected chi connectivity index (χ0v) is 36.9. The second kappa shape index (κ2) is 17.3. The smallest absolute Gasteiger partial charge is 0.0546 e. The van der Waals surface area contributed by atoms with Crippen molar-refractivity contribution in [2.75, 3.05) is 4.90 Å². The lowest BCUT2D eigenvalue weighted by Gasteiger charge is -2.29. The van der Waals surface area contributed by atoms with Crippen LogP contribution in [-0.4, -0.2) is 0 Å². The van der Waals surface area contributed by atoms with Crippen LogP contribution in [0, 0.1) is 0 Å². The standard InChI is InChI=1S/C66H45N/c1-3-13-46(14-4-1)60-42-61(47-15-5-2-6-16-47)44-62(43-60)52-31-36-64(37-32-52)67(63-34-29-51(30-35-63)56-26-23-48-17-7-10-20-53(48)39-56)66-45-58(57-27-24-49-18-8-11-21-54(49)40-57)33-38-65(66)59-28-25-50-19-9-12-22-55(50)41-59/h1-45H. The minimum Gasteiger partial charge on any atom is -0.310 e. The van der Waals surface area contributed by atoms with E-state index in [1.54, 1.807) is 0 Å². The van der Waals surface area contributed by atoms with E-state index in [1.165, 1.54) is 82.4 Å². The van der Waals surface area contributed by atoms with Gasteiger partial charge < -0.3 is 4.90 Å². The monoisotopic (exact) mass is 851 g/mol. The summed E-state index contributed by atoms with van der Waals surface area (Å²) in [6, 6.07) is 99.8. The first-order valence-electron chi connectivity index (χ1n) is 23.1. The number of anilines is 3. The quantitative estimate of drug-likeness (QED) is 0.140. The third-order valence-electron chi connectivity index (χ3n) is 13.2. The number of fused-ring (bicyclic) bond motifs is 3. The van der Waals surface area contributed by atoms with Gasteiger partial charge in [-0.25, -0.2) is 0 Å². The maximum absolute atomic E-state index is 2.44. The molecule has 12 rings (SSSR count). The second-order valence-electron chi connectivity index (χ2n) is 17.4. The van der Waals surface area contributed by atoms with Gasteiger partial charge in [0.15, 0.2) is 0 Å². The van der Waals surface area contributed by atoms with Gasteiger partial charge in [-0.3, -0.25) is 0 Å². The van der Waals surface area contributed by atoms with E-state index in [4.69, 9.17) is 0 Å². The SMILES string of the molecule is c1ccc(-c2cc(-c3ccccc3)cc(-c3ccc(N(c4ccc(-c5ccc6ccccc6c5)cc4)c4cc(-c5ccc6ccccc6c5)ccc4-c4ccc5ccccc5c4)cc3)c2)cc1. The molecule has 0 aliphatic rings. The van der Waals surface area contributed by atoms with E-state index in [-0.39, 0.29) is 0 Å². The van der Waals surface area contributed by atoms with E-state index >= 15 is 0 Å². The third kappa shape index (κ3) is 7.94. The summed E-state index contributed by atoms with van der Waals surface area (Å²) in [5.41, 5.74) is 17.4. The van der Waals surface area contributed by atoms with Gasteiger partial charge in [-0.05, 0) is 160 Å². The van der Waals surface area contributed by atoms with Crippen LogP contribution >= 0.6 is 0 Å². The maximum Gasteiger partial charge on any atom is 0.0546 e. The zero-order valence-electron chi connectivity index (χ0n) is 36.9. The first-order chi connectivity index (χ1) is 33.2. The van der Waals surface area contributed by atoms with Crippen LogP contribution < -0.4 is 4.90 Å². The van der Waals surface area contributed by atoms with Crippen LogP contribution in [0.5, 0.6) is 0 Å². The molecule has 12 aromatic carbocycles. The molecule has 0 saturated carbocycles. The Labute approximate surface area is 392 Å². The van der Waals surface area contributed by atoms with Crippen LogP contribution in [-0.2, 0) is 0 Å². The molecule has 0 spiro atoms. The lowest BCUT2D eigenvalue weighted by atomic mass is 9.93. The number of hydrogen-bond acceptors (Lipinski definition) is 1. The van der Waals surface area contributed by atoms with Crippen LogP contribution in [0.4, 0.5) is 17.1 Å². The van der Waals surface area contributed by atoms with Gasteiger partial charge in [0.1, 0.15) is 0 Å². The average molecular weight is 852 g/mol. The summed E-state index contributed by atoms with van der Waals surface area (Å²) in [5.74, 6) is 0. The fourth-order valence-corrected chi connectivity index (χ4v) is 9.66. The highest BCUT2D eigenvalue weighted by atomic mass is 15.1. The van der Waals surface area contributed by atoms with E-state index < -0.39 is 0 Å². The Balaban J connectivity index is 1.03. The topological polar surface area (TPSA) is 3.24 Å². The van der Waals surface area contributed by atoms with E-state index in [9.17, 15) is 0 Å². The molecule has 0 saturated heterocycles. The fourth-order valence-electron chi connectivity index (χ4n) is 9.66. The normalized spacial score (nSPS) is 11.3. The first-order valence-corrected chi connectivity index (χ1v) is 23.1. The van der Waals surface area contributed by atoms with Crippen LogP contribution in [0.1, 0.15) is 0 Å². The molecule has 0 amide bonds. The Hall–Kier alpha value is -8.78. The molecule has 0 aliphatic heterocycles. The number of benzene rings is 12. The van der Waals surface area contributed by atoms with Crippen molar-refractivity contribution >= 4 is 49.4 Å². The lowest BCUT2D eigenvalue weighted by molar-refractivity contribution is 1.28. The number of nitrogens with zero attached hydrogens (tertiary/aromatic N) is 1. The highest BCUT2D eigenvalue weighted by molar-refractivity contribution is 5.97. The van der Waals surface area contributed by atoms with Crippen molar-refractivity contribution in [2.45, 2.75) is 0 Å². The first kappa shape index (κ1) is 39.8. The number of hydrogen-bond donors (Lipinski definition) is 0. The molecule has 0 heterocycles. The molecule has 0 N–H and O–H groups in total. The van der Waals surface area contributed by atoms with E-state index in [0.29, 0.717) is 0 Å². The summed E-state index contributed by atoms with van der Waals surface area (Å²) < 4.78 is 0. The van der Waals surface area contributed by atoms with E-state index in [1.807, 2.05) is 0 Å². The molecular formula is C66H45N. The van der Waals surface area contributed by atoms with Crippen molar-refractivity contribution in [1.82, 2.24) is 0 Å². The summed E-state index contributed by atoms with van der Waals surface area (Å²) in [6.07, 6.45) is 0. The predicted molar refractivity (Wildman–Crippen MR) is 286 cm³/mol. The zero-order chi connectivity index (χ0) is 44.5. The van der Waals surface area contributed by atoms with Crippen molar-refractivity contribution < 1.29 is 0 Å². The summed E-state index contributed by atoms with van der Waals surface area (Å²) in [5, 5.41) is 7.38. The third-order valence-corrected chi connectivity index (χ3v) is 13.2. The summed E-state index contributed by atoms with van der Waals surface area (Å²) in [6.45, 7) is 0. The van der Waals surface area contributed by atoms with Crippen LogP contribution in [0.15, 0.2) is 273 Å². The summed E-state index contributed by atoms with van der Waals surface area (Å²) in [4.78, 5) is 2.44. The van der Waals surface area contributed by atoms with Crippen LogP contribution in [0.2, 0.25) is 0 Å². The van der Waals surface area contributed by atoms with Gasteiger partial charge in [-0.1, -0.05) is 206 Å². The Morgan fingerprint density at radius 2 is 0.493 bits per heavy atom. The van der Waals surface area contributed by atoms with Crippen molar-refractivity contribution in [3.05, 3.63) is 273 Å². The van der Waals surface area contributed by atoms with Crippen molar-refractivity contribution in [3.63, 3.8) is 0 Å². The molecule has 1 nitrogen and oxygen atoms in total. The highest BCUT2D eigenvalue weighted by Gasteiger charge is 2.20. The molecule has 0 bridgehead atoms. The van der Waals surface area contributed by atoms with E-state index in [0.717, 1.165) is 33.8 Å². The Kier molecular flexibility index (Phi) is 10.3. The minimum absolute atomic E-state index is 1.07. The molecule has 12 aromatic rings. The molecular weight excluding hydrogens is 807 g/mol. The van der Waals surface area contributed by atoms with Gasteiger partial charge >= 0.3 is 0 Å². The molecule has 0 unspecified atom stereocenters. The van der Waals surface area contributed by atoms with Crippen molar-refractivity contribution in [3.8, 4) is 66.8 Å². The van der Waals surface area contributed by atoms with Crippen molar-refractivity contribution in [1.29, 1.82) is 0 Å². The second-order valence-corrected chi connectivity index (χ2v) is 17.4. The van der Waals surface area contributed by atoms with E-state index in [2.05, 4.69) is 278 Å². The summed E-state index contributed by atoms with van der Waals surface area (Å²) >= 11 is 0. The highest BCUT2D eigenvalue weighted by Crippen LogP contribution is 2.45. The molecule has 1 heteroatoms. The van der Waals surface area contributed by atoms with Gasteiger partial charge in [-0.15, -0.1) is 0 Å².